The number of fused-ring (bicyclic) bond motifs is 1. The molecule has 1 unspecified atom stereocenters. The summed E-state index contributed by atoms with van der Waals surface area (Å²) >= 11 is 0. The first-order valence-corrected chi connectivity index (χ1v) is 10.6. The van der Waals surface area contributed by atoms with Crippen molar-refractivity contribution in [3.8, 4) is 0 Å². The van der Waals surface area contributed by atoms with E-state index in [0.717, 1.165) is 18.4 Å². The molecule has 0 fully saturated rings. The smallest absolute Gasteiger partial charge is 0.167 e. The molecule has 0 radical (unpaired) electrons. The molecule has 0 spiro atoms. The fourth-order valence-electron chi connectivity index (χ4n) is 4.56. The monoisotopic (exact) mass is 398 g/mol. The van der Waals surface area contributed by atoms with Gasteiger partial charge in [0, 0.05) is 57.0 Å². The van der Waals surface area contributed by atoms with E-state index in [1.807, 2.05) is 46.4 Å². The zero-order chi connectivity index (χ0) is 21.3. The van der Waals surface area contributed by atoms with Gasteiger partial charge in [0.25, 0.3) is 0 Å². The van der Waals surface area contributed by atoms with Crippen LogP contribution in [0.1, 0.15) is 39.4 Å². The van der Waals surface area contributed by atoms with E-state index in [2.05, 4.69) is 64.4 Å². The van der Waals surface area contributed by atoms with Crippen molar-refractivity contribution in [1.29, 1.82) is 0 Å². The molecule has 1 atom stereocenters. The van der Waals surface area contributed by atoms with Gasteiger partial charge in [-0.1, -0.05) is 48.5 Å². The van der Waals surface area contributed by atoms with Gasteiger partial charge in [0.2, 0.25) is 0 Å². The molecule has 0 N–H and O–H groups in total. The minimum absolute atomic E-state index is 0.0460. The van der Waals surface area contributed by atoms with Crippen LogP contribution in [0, 0.1) is 5.92 Å². The lowest BCUT2D eigenvalue weighted by Gasteiger charge is -2.31. The SMILES string of the molecule is CN(C)c1ccc(C(c2ccc(N(C)C)cc2)C2CCc3ccccc3C2=O)cc1. The summed E-state index contributed by atoms with van der Waals surface area (Å²) in [5, 5.41) is 0. The first-order chi connectivity index (χ1) is 14.5. The lowest BCUT2D eigenvalue weighted by Crippen LogP contribution is -2.29. The lowest BCUT2D eigenvalue weighted by atomic mass is 9.71. The van der Waals surface area contributed by atoms with Crippen LogP contribution in [-0.4, -0.2) is 34.0 Å². The largest absolute Gasteiger partial charge is 0.378 e. The van der Waals surface area contributed by atoms with Crippen LogP contribution in [0.3, 0.4) is 0 Å². The average Bonchev–Trinajstić information content (AvgIpc) is 2.76. The quantitative estimate of drug-likeness (QED) is 0.575. The molecule has 0 bridgehead atoms. The second-order valence-corrected chi connectivity index (χ2v) is 8.62. The van der Waals surface area contributed by atoms with Crippen LogP contribution in [-0.2, 0) is 6.42 Å². The Hall–Kier alpha value is -3.07. The zero-order valence-corrected chi connectivity index (χ0v) is 18.3. The van der Waals surface area contributed by atoms with E-state index >= 15 is 0 Å². The third-order valence-corrected chi connectivity index (χ3v) is 6.28. The van der Waals surface area contributed by atoms with Crippen LogP contribution in [0.25, 0.3) is 0 Å². The van der Waals surface area contributed by atoms with Gasteiger partial charge >= 0.3 is 0 Å². The minimum atomic E-state index is -0.0460. The third kappa shape index (κ3) is 3.85. The van der Waals surface area contributed by atoms with Crippen molar-refractivity contribution in [3.05, 3.63) is 95.1 Å². The molecule has 0 aliphatic heterocycles. The number of nitrogens with zero attached hydrogens (tertiary/aromatic N) is 2. The third-order valence-electron chi connectivity index (χ3n) is 6.28. The Balaban J connectivity index is 1.77. The molecule has 1 aliphatic rings. The maximum Gasteiger partial charge on any atom is 0.167 e. The summed E-state index contributed by atoms with van der Waals surface area (Å²) in [6.45, 7) is 0. The van der Waals surface area contributed by atoms with Gasteiger partial charge in [-0.15, -0.1) is 0 Å². The molecule has 0 saturated carbocycles. The standard InChI is InChI=1S/C27H30N2O/c1-28(2)22-14-9-20(10-15-22)26(21-11-16-23(17-12-21)29(3)4)25-18-13-19-7-5-6-8-24(19)27(25)30/h5-12,14-17,25-26H,13,18H2,1-4H3. The van der Waals surface area contributed by atoms with Gasteiger partial charge in [0.05, 0.1) is 0 Å². The van der Waals surface area contributed by atoms with Gasteiger partial charge < -0.3 is 9.80 Å². The summed E-state index contributed by atoms with van der Waals surface area (Å²) in [6, 6.07) is 25.4. The molecule has 0 saturated heterocycles. The molecule has 154 valence electrons. The molecular weight excluding hydrogens is 368 g/mol. The van der Waals surface area contributed by atoms with E-state index in [9.17, 15) is 4.79 Å². The van der Waals surface area contributed by atoms with Crippen molar-refractivity contribution < 1.29 is 4.79 Å². The maximum absolute atomic E-state index is 13.5. The number of aryl methyl sites for hydroxylation is 1. The second-order valence-electron chi connectivity index (χ2n) is 8.62. The van der Waals surface area contributed by atoms with Crippen LogP contribution in [0.15, 0.2) is 72.8 Å². The number of Topliss-reactive ketones (excluding diaryl/α,β-unsaturated/α-hetero) is 1. The summed E-state index contributed by atoms with van der Waals surface area (Å²) < 4.78 is 0. The predicted molar refractivity (Wildman–Crippen MR) is 126 cm³/mol. The number of carbonyl (C=O) groups excluding carboxylic acids is 1. The lowest BCUT2D eigenvalue weighted by molar-refractivity contribution is 0.0889. The van der Waals surface area contributed by atoms with Gasteiger partial charge in [0.15, 0.2) is 5.78 Å². The highest BCUT2D eigenvalue weighted by Crippen LogP contribution is 2.40. The molecule has 3 heteroatoms. The Kier molecular flexibility index (Phi) is 5.63. The topological polar surface area (TPSA) is 23.6 Å². The molecule has 0 heterocycles. The normalized spacial score (nSPS) is 15.8. The van der Waals surface area contributed by atoms with Crippen LogP contribution < -0.4 is 9.80 Å². The molecule has 4 rings (SSSR count). The summed E-state index contributed by atoms with van der Waals surface area (Å²) in [6.07, 6.45) is 1.83. The van der Waals surface area contributed by atoms with E-state index in [4.69, 9.17) is 0 Å². The van der Waals surface area contributed by atoms with Gasteiger partial charge in [-0.3, -0.25) is 4.79 Å². The fourth-order valence-corrected chi connectivity index (χ4v) is 4.56. The Morgan fingerprint density at radius 3 is 1.73 bits per heavy atom. The maximum atomic E-state index is 13.5. The Morgan fingerprint density at radius 2 is 1.23 bits per heavy atom. The molecule has 3 aromatic rings. The van der Waals surface area contributed by atoms with Crippen LogP contribution in [0.5, 0.6) is 0 Å². The highest BCUT2D eigenvalue weighted by atomic mass is 16.1. The molecule has 30 heavy (non-hydrogen) atoms. The van der Waals surface area contributed by atoms with Gasteiger partial charge in [-0.05, 0) is 53.8 Å². The first kappa shape index (κ1) is 20.2. The van der Waals surface area contributed by atoms with Crippen molar-refractivity contribution in [2.45, 2.75) is 18.8 Å². The number of carbonyl (C=O) groups is 1. The fraction of sp³-hybridized carbons (Fsp3) is 0.296. The summed E-state index contributed by atoms with van der Waals surface area (Å²) in [5.41, 5.74) is 6.82. The molecule has 0 amide bonds. The second kappa shape index (κ2) is 8.35. The predicted octanol–water partition coefficient (Wildman–Crippen LogP) is 5.40. The van der Waals surface area contributed by atoms with E-state index in [1.54, 1.807) is 0 Å². The van der Waals surface area contributed by atoms with Crippen LogP contribution in [0.2, 0.25) is 0 Å². The van der Waals surface area contributed by atoms with Crippen molar-refractivity contribution in [2.75, 3.05) is 38.0 Å². The van der Waals surface area contributed by atoms with E-state index in [0.29, 0.717) is 0 Å². The minimum Gasteiger partial charge on any atom is -0.378 e. The van der Waals surface area contributed by atoms with Gasteiger partial charge in [-0.2, -0.15) is 0 Å². The van der Waals surface area contributed by atoms with Gasteiger partial charge in [-0.25, -0.2) is 0 Å². The number of hydrogen-bond donors (Lipinski definition) is 0. The Morgan fingerprint density at radius 1 is 0.733 bits per heavy atom. The van der Waals surface area contributed by atoms with E-state index < -0.39 is 0 Å². The first-order valence-electron chi connectivity index (χ1n) is 10.6. The molecule has 3 nitrogen and oxygen atoms in total. The van der Waals surface area contributed by atoms with Crippen molar-refractivity contribution in [3.63, 3.8) is 0 Å². The average molecular weight is 399 g/mol. The van der Waals surface area contributed by atoms with Gasteiger partial charge in [0.1, 0.15) is 0 Å². The van der Waals surface area contributed by atoms with Crippen molar-refractivity contribution in [1.82, 2.24) is 0 Å². The number of benzene rings is 3. The highest BCUT2D eigenvalue weighted by molar-refractivity contribution is 6.01. The van der Waals surface area contributed by atoms with Crippen LogP contribution >= 0.6 is 0 Å². The van der Waals surface area contributed by atoms with Crippen molar-refractivity contribution in [2.24, 2.45) is 5.92 Å². The molecule has 3 aromatic carbocycles. The molecular formula is C27H30N2O. The number of rotatable bonds is 5. The number of anilines is 2. The Bertz CT molecular complexity index is 968. The van der Waals surface area contributed by atoms with E-state index in [1.165, 1.54) is 28.1 Å². The molecule has 1 aliphatic carbocycles. The van der Waals surface area contributed by atoms with Crippen LogP contribution in [0.4, 0.5) is 11.4 Å². The Labute approximate surface area is 180 Å². The van der Waals surface area contributed by atoms with E-state index in [-0.39, 0.29) is 17.6 Å². The zero-order valence-electron chi connectivity index (χ0n) is 18.3. The summed E-state index contributed by atoms with van der Waals surface area (Å²) in [7, 11) is 8.20. The summed E-state index contributed by atoms with van der Waals surface area (Å²) in [4.78, 5) is 17.7. The number of ketones is 1. The summed E-state index contributed by atoms with van der Waals surface area (Å²) in [5.74, 6) is 0.281. The van der Waals surface area contributed by atoms with Crippen molar-refractivity contribution >= 4 is 17.2 Å². The number of hydrogen-bond acceptors (Lipinski definition) is 3. The molecule has 0 aromatic heterocycles. The highest BCUT2D eigenvalue weighted by Gasteiger charge is 2.35.